The zero-order valence-electron chi connectivity index (χ0n) is 27.2. The van der Waals surface area contributed by atoms with Crippen molar-refractivity contribution in [3.63, 3.8) is 0 Å². The number of nitriles is 1. The Bertz CT molecular complexity index is 1220. The SMILES string of the molecule is CC(C)[C@@H]1CC[C@]2(COCc3ccccc3)CC[C@]3(C)[C@H](CC[C@@H]4C(=O)C(C(C)(C)[C@H](CC#N)OC(=O)Cl)CC[C@]43C)[C@@H]12. The fourth-order valence-corrected chi connectivity index (χ4v) is 11.0. The van der Waals surface area contributed by atoms with E-state index in [1.54, 1.807) is 0 Å². The number of hydrogen-bond acceptors (Lipinski definition) is 5. The van der Waals surface area contributed by atoms with Gasteiger partial charge in [0.15, 0.2) is 0 Å². The molecule has 5 nitrogen and oxygen atoms in total. The van der Waals surface area contributed by atoms with Crippen molar-refractivity contribution in [3.05, 3.63) is 35.9 Å². The number of rotatable bonds is 9. The highest BCUT2D eigenvalue weighted by Gasteiger charge is 2.68. The molecular weight excluding hydrogens is 558 g/mol. The van der Waals surface area contributed by atoms with Crippen molar-refractivity contribution in [3.8, 4) is 6.07 Å². The minimum atomic E-state index is -0.913. The summed E-state index contributed by atoms with van der Waals surface area (Å²) in [7, 11) is 0. The van der Waals surface area contributed by atoms with Crippen LogP contribution in [-0.4, -0.2) is 23.9 Å². The summed E-state index contributed by atoms with van der Waals surface area (Å²) < 4.78 is 12.0. The lowest BCUT2D eigenvalue weighted by Crippen LogP contribution is -2.63. The van der Waals surface area contributed by atoms with Gasteiger partial charge in [0.25, 0.3) is 0 Å². The number of fused-ring (bicyclic) bond motifs is 5. The van der Waals surface area contributed by atoms with Gasteiger partial charge in [-0.05, 0) is 96.8 Å². The Kier molecular flexibility index (Phi) is 9.16. The number of nitrogens with zero attached hydrogens (tertiary/aromatic N) is 1. The van der Waals surface area contributed by atoms with Gasteiger partial charge in [-0.1, -0.05) is 71.9 Å². The van der Waals surface area contributed by atoms with Crippen molar-refractivity contribution < 1.29 is 19.1 Å². The summed E-state index contributed by atoms with van der Waals surface area (Å²) in [6.45, 7) is 15.2. The van der Waals surface area contributed by atoms with E-state index in [0.29, 0.717) is 36.1 Å². The normalized spacial score (nSPS) is 38.0. The van der Waals surface area contributed by atoms with Gasteiger partial charge in [0.2, 0.25) is 0 Å². The third kappa shape index (κ3) is 5.48. The van der Waals surface area contributed by atoms with Crippen LogP contribution in [0, 0.1) is 68.5 Å². The lowest BCUT2D eigenvalue weighted by molar-refractivity contribution is -0.201. The average Bonchev–Trinajstić information content (AvgIpc) is 3.34. The van der Waals surface area contributed by atoms with E-state index in [9.17, 15) is 14.9 Å². The third-order valence-electron chi connectivity index (χ3n) is 13.6. The fraction of sp³-hybridized carbons (Fsp3) is 0.757. The van der Waals surface area contributed by atoms with Gasteiger partial charge in [0.05, 0.1) is 25.7 Å². The van der Waals surface area contributed by atoms with Crippen LogP contribution in [0.2, 0.25) is 0 Å². The van der Waals surface area contributed by atoms with Gasteiger partial charge in [-0.2, -0.15) is 5.26 Å². The van der Waals surface area contributed by atoms with Crippen molar-refractivity contribution in [1.29, 1.82) is 5.26 Å². The average molecular weight is 610 g/mol. The quantitative estimate of drug-likeness (QED) is 0.261. The van der Waals surface area contributed by atoms with Crippen molar-refractivity contribution in [1.82, 2.24) is 0 Å². The van der Waals surface area contributed by atoms with E-state index < -0.39 is 16.9 Å². The van der Waals surface area contributed by atoms with Gasteiger partial charge in [-0.25, -0.2) is 4.79 Å². The molecule has 4 saturated carbocycles. The van der Waals surface area contributed by atoms with Gasteiger partial charge in [0.1, 0.15) is 11.9 Å². The van der Waals surface area contributed by atoms with Crippen LogP contribution < -0.4 is 0 Å². The molecule has 0 saturated heterocycles. The summed E-state index contributed by atoms with van der Waals surface area (Å²) in [6, 6.07) is 12.7. The highest BCUT2D eigenvalue weighted by Crippen LogP contribution is 2.73. The molecule has 43 heavy (non-hydrogen) atoms. The van der Waals surface area contributed by atoms with Gasteiger partial charge in [-0.3, -0.25) is 4.79 Å². The summed E-state index contributed by atoms with van der Waals surface area (Å²) in [6.07, 6.45) is 7.91. The molecule has 1 aromatic carbocycles. The maximum absolute atomic E-state index is 14.5. The number of carbonyl (C=O) groups is 2. The molecular formula is C37H52ClNO4. The maximum atomic E-state index is 14.5. The smallest absolute Gasteiger partial charge is 0.404 e. The fourth-order valence-electron chi connectivity index (χ4n) is 10.9. The Labute approximate surface area is 264 Å². The molecule has 0 spiro atoms. The third-order valence-corrected chi connectivity index (χ3v) is 13.7. The zero-order valence-corrected chi connectivity index (χ0v) is 27.9. The molecule has 9 atom stereocenters. The van der Waals surface area contributed by atoms with E-state index in [1.807, 2.05) is 13.8 Å². The monoisotopic (exact) mass is 609 g/mol. The van der Waals surface area contributed by atoms with Crippen LogP contribution in [0.4, 0.5) is 4.79 Å². The Morgan fingerprint density at radius 3 is 2.42 bits per heavy atom. The molecule has 4 fully saturated rings. The van der Waals surface area contributed by atoms with E-state index in [-0.39, 0.29) is 34.5 Å². The summed E-state index contributed by atoms with van der Waals surface area (Å²) >= 11 is 5.60. The Hall–Kier alpha value is -1.90. The van der Waals surface area contributed by atoms with Crippen LogP contribution in [-0.2, 0) is 20.9 Å². The molecule has 5 rings (SSSR count). The summed E-state index contributed by atoms with van der Waals surface area (Å²) in [5, 5.41) is 9.46. The minimum Gasteiger partial charge on any atom is -0.449 e. The second kappa shape index (κ2) is 12.1. The van der Waals surface area contributed by atoms with E-state index in [4.69, 9.17) is 21.1 Å². The van der Waals surface area contributed by atoms with Crippen molar-refractivity contribution in [2.24, 2.45) is 57.2 Å². The number of Topliss-reactive ketones (excluding diaryl/α,β-unsaturated/α-hetero) is 1. The highest BCUT2D eigenvalue weighted by molar-refractivity contribution is 6.61. The molecule has 4 aliphatic carbocycles. The van der Waals surface area contributed by atoms with E-state index in [0.717, 1.165) is 38.7 Å². The zero-order chi connectivity index (χ0) is 31.2. The largest absolute Gasteiger partial charge is 0.449 e. The van der Waals surface area contributed by atoms with Gasteiger partial charge in [0, 0.05) is 28.9 Å². The minimum absolute atomic E-state index is 0.0121. The molecule has 0 heterocycles. The number of hydrogen-bond donors (Lipinski definition) is 0. The Morgan fingerprint density at radius 2 is 1.77 bits per heavy atom. The molecule has 6 heteroatoms. The number of ketones is 1. The number of halogens is 1. The van der Waals surface area contributed by atoms with Crippen LogP contribution in [0.15, 0.2) is 30.3 Å². The van der Waals surface area contributed by atoms with E-state index >= 15 is 0 Å². The molecule has 0 aliphatic heterocycles. The van der Waals surface area contributed by atoms with Crippen LogP contribution in [0.5, 0.6) is 0 Å². The predicted molar refractivity (Wildman–Crippen MR) is 169 cm³/mol. The number of ether oxygens (including phenoxy) is 2. The molecule has 1 aromatic rings. The van der Waals surface area contributed by atoms with Crippen molar-refractivity contribution in [2.45, 2.75) is 112 Å². The molecule has 4 aliphatic rings. The topological polar surface area (TPSA) is 76.4 Å². The Balaban J connectivity index is 1.40. The molecule has 0 amide bonds. The van der Waals surface area contributed by atoms with Crippen LogP contribution in [0.25, 0.3) is 0 Å². The number of carbonyl (C=O) groups excluding carboxylic acids is 2. The second-order valence-electron chi connectivity index (χ2n) is 15.9. The standard InChI is InChI=1S/C37H52ClNO4/c1-24(2)26-14-18-37(23-42-22-25-10-8-7-9-11-25)20-19-36(6)27(31(26)37)12-13-29-32(40)28(15-17-35(29,36)5)34(3,4)30(16-21-39)43-33(38)41/h7-11,24,26-31H,12-20,22-23H2,1-6H3/t26-,27+,28?,29+,30-,31+,35+,36+,37+/m0/s1. The van der Waals surface area contributed by atoms with Crippen molar-refractivity contribution >= 4 is 22.8 Å². The van der Waals surface area contributed by atoms with E-state index in [1.165, 1.54) is 24.8 Å². The maximum Gasteiger partial charge on any atom is 0.404 e. The van der Waals surface area contributed by atoms with Gasteiger partial charge >= 0.3 is 5.43 Å². The molecule has 0 aromatic heterocycles. The molecule has 0 bridgehead atoms. The first-order valence-electron chi connectivity index (χ1n) is 16.7. The molecule has 0 N–H and O–H groups in total. The molecule has 236 valence electrons. The van der Waals surface area contributed by atoms with Crippen LogP contribution in [0.3, 0.4) is 0 Å². The summed E-state index contributed by atoms with van der Waals surface area (Å²) in [4.78, 5) is 26.2. The predicted octanol–water partition coefficient (Wildman–Crippen LogP) is 9.37. The lowest BCUT2D eigenvalue weighted by Gasteiger charge is -2.67. The van der Waals surface area contributed by atoms with Crippen LogP contribution in [0.1, 0.15) is 105 Å². The Morgan fingerprint density at radius 1 is 1.05 bits per heavy atom. The number of benzene rings is 1. The van der Waals surface area contributed by atoms with E-state index in [2.05, 4.69) is 64.1 Å². The highest BCUT2D eigenvalue weighted by atomic mass is 35.5. The first-order chi connectivity index (χ1) is 20.3. The molecule has 0 radical (unpaired) electrons. The summed E-state index contributed by atoms with van der Waals surface area (Å²) in [5.41, 5.74) is -0.115. The van der Waals surface area contributed by atoms with Gasteiger partial charge < -0.3 is 9.47 Å². The first-order valence-corrected chi connectivity index (χ1v) is 17.1. The first kappa shape index (κ1) is 32.5. The lowest BCUT2D eigenvalue weighted by atomic mass is 9.37. The van der Waals surface area contributed by atoms with Crippen LogP contribution >= 0.6 is 11.6 Å². The molecule has 1 unspecified atom stereocenters. The van der Waals surface area contributed by atoms with Gasteiger partial charge in [-0.15, -0.1) is 0 Å². The summed E-state index contributed by atoms with van der Waals surface area (Å²) in [5.74, 6) is 2.56. The second-order valence-corrected chi connectivity index (χ2v) is 16.2. The van der Waals surface area contributed by atoms with Crippen molar-refractivity contribution in [2.75, 3.05) is 6.61 Å².